The highest BCUT2D eigenvalue weighted by molar-refractivity contribution is 7.10. The van der Waals surface area contributed by atoms with E-state index in [1.165, 1.54) is 11.3 Å². The smallest absolute Gasteiger partial charge is 0.315 e. The van der Waals surface area contributed by atoms with E-state index in [0.29, 0.717) is 0 Å². The molecule has 2 rings (SSSR count). The quantitative estimate of drug-likeness (QED) is 0.800. The van der Waals surface area contributed by atoms with Crippen LogP contribution in [0.15, 0.2) is 17.5 Å². The van der Waals surface area contributed by atoms with Crippen molar-refractivity contribution in [1.29, 1.82) is 0 Å². The van der Waals surface area contributed by atoms with E-state index < -0.39 is 5.60 Å². The number of rotatable bonds is 4. The molecule has 1 aliphatic carbocycles. The van der Waals surface area contributed by atoms with Crippen LogP contribution in [0.2, 0.25) is 0 Å². The first-order valence-electron chi connectivity index (χ1n) is 7.12. The van der Waals surface area contributed by atoms with Gasteiger partial charge in [-0.1, -0.05) is 26.3 Å². The highest BCUT2D eigenvalue weighted by atomic mass is 32.1. The summed E-state index contributed by atoms with van der Waals surface area (Å²) in [5.41, 5.74) is -0.857. The molecule has 0 radical (unpaired) electrons. The van der Waals surface area contributed by atoms with Crippen LogP contribution in [0.3, 0.4) is 0 Å². The predicted molar refractivity (Wildman–Crippen MR) is 81.8 cm³/mol. The molecule has 4 nitrogen and oxygen atoms in total. The van der Waals surface area contributed by atoms with Crippen molar-refractivity contribution in [3.05, 3.63) is 22.4 Å². The maximum Gasteiger partial charge on any atom is 0.315 e. The van der Waals surface area contributed by atoms with Crippen molar-refractivity contribution in [3.63, 3.8) is 0 Å². The Bertz CT molecular complexity index is 454. The highest BCUT2D eigenvalue weighted by Crippen LogP contribution is 2.37. The van der Waals surface area contributed by atoms with Gasteiger partial charge >= 0.3 is 6.03 Å². The van der Waals surface area contributed by atoms with Crippen LogP contribution in [0, 0.1) is 5.41 Å². The third kappa shape index (κ3) is 3.52. The molecule has 0 spiro atoms. The summed E-state index contributed by atoms with van der Waals surface area (Å²) in [6.07, 6.45) is 3.33. The topological polar surface area (TPSA) is 61.4 Å². The number of carbonyl (C=O) groups excluding carboxylic acids is 1. The molecule has 3 N–H and O–H groups in total. The van der Waals surface area contributed by atoms with Gasteiger partial charge in [-0.3, -0.25) is 0 Å². The van der Waals surface area contributed by atoms with Gasteiger partial charge in [0.05, 0.1) is 6.54 Å². The Kier molecular flexibility index (Phi) is 4.39. The van der Waals surface area contributed by atoms with Crippen LogP contribution in [-0.2, 0) is 5.60 Å². The van der Waals surface area contributed by atoms with Crippen LogP contribution in [0.25, 0.3) is 0 Å². The Labute approximate surface area is 124 Å². The third-order valence-electron chi connectivity index (χ3n) is 4.21. The lowest BCUT2D eigenvalue weighted by atomic mass is 9.87. The molecule has 2 amide bonds. The zero-order valence-corrected chi connectivity index (χ0v) is 13.2. The molecule has 1 aliphatic rings. The molecule has 5 heteroatoms. The number of hydrogen-bond acceptors (Lipinski definition) is 3. The highest BCUT2D eigenvalue weighted by Gasteiger charge is 2.35. The number of urea groups is 1. The van der Waals surface area contributed by atoms with Gasteiger partial charge < -0.3 is 15.7 Å². The van der Waals surface area contributed by atoms with Crippen LogP contribution in [-0.4, -0.2) is 23.7 Å². The fourth-order valence-corrected chi connectivity index (χ4v) is 3.52. The summed E-state index contributed by atoms with van der Waals surface area (Å²) < 4.78 is 0. The van der Waals surface area contributed by atoms with Gasteiger partial charge in [0, 0.05) is 10.9 Å². The van der Waals surface area contributed by atoms with Crippen LogP contribution in [0.1, 0.15) is 44.9 Å². The van der Waals surface area contributed by atoms with Crippen molar-refractivity contribution in [3.8, 4) is 0 Å². The largest absolute Gasteiger partial charge is 0.383 e. The van der Waals surface area contributed by atoms with Crippen molar-refractivity contribution >= 4 is 17.4 Å². The molecule has 1 aromatic rings. The molecule has 2 unspecified atom stereocenters. The van der Waals surface area contributed by atoms with E-state index in [1.54, 1.807) is 6.92 Å². The minimum atomic E-state index is -1.02. The Morgan fingerprint density at radius 1 is 1.60 bits per heavy atom. The van der Waals surface area contributed by atoms with Crippen molar-refractivity contribution in [1.82, 2.24) is 10.6 Å². The van der Waals surface area contributed by atoms with E-state index in [-0.39, 0.29) is 24.0 Å². The van der Waals surface area contributed by atoms with Crippen molar-refractivity contribution < 1.29 is 9.90 Å². The fourth-order valence-electron chi connectivity index (χ4n) is 2.73. The van der Waals surface area contributed by atoms with E-state index in [2.05, 4.69) is 24.5 Å². The first-order chi connectivity index (χ1) is 9.31. The molecule has 1 aromatic heterocycles. The summed E-state index contributed by atoms with van der Waals surface area (Å²) in [6, 6.07) is 3.80. The lowest BCUT2D eigenvalue weighted by molar-refractivity contribution is 0.0628. The molecular weight excluding hydrogens is 272 g/mol. The maximum atomic E-state index is 12.0. The normalized spacial score (nSPS) is 24.1. The van der Waals surface area contributed by atoms with E-state index in [4.69, 9.17) is 0 Å². The molecule has 1 saturated carbocycles. The van der Waals surface area contributed by atoms with E-state index in [9.17, 15) is 9.90 Å². The SMILES string of the molecule is CC(O)(CNC(=O)NC1CCCC1(C)C)c1cccs1. The summed E-state index contributed by atoms with van der Waals surface area (Å²) in [5, 5.41) is 18.1. The first kappa shape index (κ1) is 15.3. The monoisotopic (exact) mass is 296 g/mol. The van der Waals surface area contributed by atoms with Gasteiger partial charge in [0.25, 0.3) is 0 Å². The van der Waals surface area contributed by atoms with Crippen LogP contribution < -0.4 is 10.6 Å². The number of hydrogen-bond donors (Lipinski definition) is 3. The van der Waals surface area contributed by atoms with Gasteiger partial charge in [-0.2, -0.15) is 0 Å². The molecular formula is C15H24N2O2S. The minimum Gasteiger partial charge on any atom is -0.383 e. The number of thiophene rings is 1. The summed E-state index contributed by atoms with van der Waals surface area (Å²) in [6.45, 7) is 6.31. The number of aliphatic hydroxyl groups is 1. The van der Waals surface area contributed by atoms with Crippen molar-refractivity contribution in [2.75, 3.05) is 6.54 Å². The minimum absolute atomic E-state index is 0.160. The summed E-state index contributed by atoms with van der Waals surface area (Å²) >= 11 is 1.49. The lowest BCUT2D eigenvalue weighted by Gasteiger charge is -2.29. The zero-order valence-electron chi connectivity index (χ0n) is 12.4. The molecule has 0 bridgehead atoms. The Hall–Kier alpha value is -1.07. The average Bonchev–Trinajstić information content (AvgIpc) is 2.98. The van der Waals surface area contributed by atoms with Crippen LogP contribution >= 0.6 is 11.3 Å². The van der Waals surface area contributed by atoms with Gasteiger partial charge in [0.1, 0.15) is 5.60 Å². The number of nitrogens with one attached hydrogen (secondary N) is 2. The predicted octanol–water partition coefficient (Wildman–Crippen LogP) is 2.83. The third-order valence-corrected chi connectivity index (χ3v) is 5.33. The summed E-state index contributed by atoms with van der Waals surface area (Å²) in [7, 11) is 0. The Morgan fingerprint density at radius 2 is 2.35 bits per heavy atom. The van der Waals surface area contributed by atoms with Gasteiger partial charge in [0.2, 0.25) is 0 Å². The molecule has 0 aliphatic heterocycles. The fraction of sp³-hybridized carbons (Fsp3) is 0.667. The van der Waals surface area contributed by atoms with Crippen LogP contribution in [0.4, 0.5) is 4.79 Å². The summed E-state index contributed by atoms with van der Waals surface area (Å²) in [4.78, 5) is 12.8. The summed E-state index contributed by atoms with van der Waals surface area (Å²) in [5.74, 6) is 0. The van der Waals surface area contributed by atoms with Gasteiger partial charge in [-0.25, -0.2) is 4.79 Å². The molecule has 0 saturated heterocycles. The second-order valence-corrected chi connectivity index (χ2v) is 7.46. The molecule has 112 valence electrons. The van der Waals surface area contributed by atoms with Gasteiger partial charge in [-0.05, 0) is 36.6 Å². The second-order valence-electron chi connectivity index (χ2n) is 6.51. The van der Waals surface area contributed by atoms with Gasteiger partial charge in [0.15, 0.2) is 0 Å². The molecule has 1 fully saturated rings. The van der Waals surface area contributed by atoms with Crippen molar-refractivity contribution in [2.45, 2.75) is 51.7 Å². The molecule has 0 aromatic carbocycles. The zero-order chi connectivity index (χ0) is 14.8. The van der Waals surface area contributed by atoms with E-state index in [1.807, 2.05) is 17.5 Å². The van der Waals surface area contributed by atoms with E-state index >= 15 is 0 Å². The molecule has 2 atom stereocenters. The Balaban J connectivity index is 1.84. The van der Waals surface area contributed by atoms with Crippen molar-refractivity contribution in [2.24, 2.45) is 5.41 Å². The lowest BCUT2D eigenvalue weighted by Crippen LogP contribution is -2.49. The maximum absolute atomic E-state index is 12.0. The standard InChI is InChI=1S/C15H24N2O2S/c1-14(2)8-4-6-11(14)17-13(18)16-10-15(3,19)12-7-5-9-20-12/h5,7,9,11,19H,4,6,8,10H2,1-3H3,(H2,16,17,18). The van der Waals surface area contributed by atoms with E-state index in [0.717, 1.165) is 24.1 Å². The Morgan fingerprint density at radius 3 is 2.90 bits per heavy atom. The molecule has 1 heterocycles. The first-order valence-corrected chi connectivity index (χ1v) is 8.00. The van der Waals surface area contributed by atoms with Crippen LogP contribution in [0.5, 0.6) is 0 Å². The second kappa shape index (κ2) is 5.74. The molecule has 20 heavy (non-hydrogen) atoms. The van der Waals surface area contributed by atoms with Gasteiger partial charge in [-0.15, -0.1) is 11.3 Å². The number of amides is 2. The average molecular weight is 296 g/mol. The number of carbonyl (C=O) groups is 1.